The van der Waals surface area contributed by atoms with E-state index in [1.165, 1.54) is 17.9 Å². The Balaban J connectivity index is 2.16. The first-order valence-electron chi connectivity index (χ1n) is 5.56. The van der Waals surface area contributed by atoms with Crippen molar-refractivity contribution in [1.82, 2.24) is 10.3 Å². The second-order valence-electron chi connectivity index (χ2n) is 3.48. The number of aromatic nitrogens is 1. The summed E-state index contributed by atoms with van der Waals surface area (Å²) in [4.78, 5) is 4.33. The number of thioether (sulfide) groups is 1. The molecular formula is C12H20N2S. The van der Waals surface area contributed by atoms with Crippen LogP contribution >= 0.6 is 11.8 Å². The van der Waals surface area contributed by atoms with E-state index in [0.29, 0.717) is 6.04 Å². The van der Waals surface area contributed by atoms with Crippen LogP contribution in [0.25, 0.3) is 0 Å². The summed E-state index contributed by atoms with van der Waals surface area (Å²) in [5, 5.41) is 3.48. The Labute approximate surface area is 96.9 Å². The lowest BCUT2D eigenvalue weighted by Gasteiger charge is -2.12. The zero-order valence-corrected chi connectivity index (χ0v) is 10.4. The quantitative estimate of drug-likeness (QED) is 0.721. The Morgan fingerprint density at radius 1 is 1.47 bits per heavy atom. The zero-order valence-electron chi connectivity index (χ0n) is 9.57. The minimum Gasteiger partial charge on any atom is -0.309 e. The van der Waals surface area contributed by atoms with Crippen molar-refractivity contribution in [2.24, 2.45) is 0 Å². The minimum absolute atomic E-state index is 0.359. The molecule has 3 heteroatoms. The summed E-state index contributed by atoms with van der Waals surface area (Å²) >= 11 is 2.00. The first-order valence-corrected chi connectivity index (χ1v) is 6.72. The van der Waals surface area contributed by atoms with Crippen molar-refractivity contribution in [1.29, 1.82) is 0 Å². The van der Waals surface area contributed by atoms with Gasteiger partial charge in [-0.1, -0.05) is 13.0 Å². The first kappa shape index (κ1) is 12.5. The van der Waals surface area contributed by atoms with Crippen LogP contribution in [0.3, 0.4) is 0 Å². The van der Waals surface area contributed by atoms with Gasteiger partial charge in [-0.05, 0) is 43.5 Å². The van der Waals surface area contributed by atoms with Gasteiger partial charge in [0.05, 0.1) is 5.69 Å². The summed E-state index contributed by atoms with van der Waals surface area (Å²) in [5.41, 5.74) is 1.13. The molecule has 1 N–H and O–H groups in total. The zero-order chi connectivity index (χ0) is 10.9. The average molecular weight is 224 g/mol. The van der Waals surface area contributed by atoms with Crippen molar-refractivity contribution in [3.63, 3.8) is 0 Å². The molecule has 0 saturated heterocycles. The predicted molar refractivity (Wildman–Crippen MR) is 68.3 cm³/mol. The van der Waals surface area contributed by atoms with E-state index < -0.39 is 0 Å². The second kappa shape index (κ2) is 7.71. The fourth-order valence-corrected chi connectivity index (χ4v) is 2.01. The van der Waals surface area contributed by atoms with Crippen LogP contribution in [0.4, 0.5) is 0 Å². The number of nitrogens with one attached hydrogen (secondary N) is 1. The van der Waals surface area contributed by atoms with Gasteiger partial charge in [-0.25, -0.2) is 0 Å². The van der Waals surface area contributed by atoms with E-state index in [1.54, 1.807) is 0 Å². The Kier molecular flexibility index (Phi) is 6.44. The molecule has 1 rings (SSSR count). The SMILES string of the molecule is CCSCCCNC(C)c1ccccn1. The largest absolute Gasteiger partial charge is 0.309 e. The molecule has 0 bridgehead atoms. The molecule has 0 aliphatic carbocycles. The van der Waals surface area contributed by atoms with E-state index >= 15 is 0 Å². The fraction of sp³-hybridized carbons (Fsp3) is 0.583. The van der Waals surface area contributed by atoms with E-state index in [1.807, 2.05) is 30.1 Å². The van der Waals surface area contributed by atoms with Gasteiger partial charge >= 0.3 is 0 Å². The maximum absolute atomic E-state index is 4.33. The van der Waals surface area contributed by atoms with Gasteiger partial charge < -0.3 is 5.32 Å². The number of hydrogen-bond donors (Lipinski definition) is 1. The van der Waals surface area contributed by atoms with Gasteiger partial charge in [0.2, 0.25) is 0 Å². The monoisotopic (exact) mass is 224 g/mol. The summed E-state index contributed by atoms with van der Waals surface area (Å²) in [6.07, 6.45) is 3.08. The van der Waals surface area contributed by atoms with E-state index in [4.69, 9.17) is 0 Å². The van der Waals surface area contributed by atoms with Crippen molar-refractivity contribution in [2.75, 3.05) is 18.1 Å². The average Bonchev–Trinajstić information content (AvgIpc) is 2.30. The summed E-state index contributed by atoms with van der Waals surface area (Å²) in [6, 6.07) is 6.41. The Morgan fingerprint density at radius 2 is 2.33 bits per heavy atom. The Morgan fingerprint density at radius 3 is 3.00 bits per heavy atom. The van der Waals surface area contributed by atoms with Crippen LogP contribution in [-0.4, -0.2) is 23.0 Å². The second-order valence-corrected chi connectivity index (χ2v) is 4.87. The Hall–Kier alpha value is -0.540. The molecule has 0 radical (unpaired) electrons. The molecule has 0 aromatic carbocycles. The molecule has 1 atom stereocenters. The molecule has 1 aromatic rings. The molecule has 0 spiro atoms. The standard InChI is InChI=1S/C12H20N2S/c1-3-15-10-6-9-13-11(2)12-7-4-5-8-14-12/h4-5,7-8,11,13H,3,6,9-10H2,1-2H3. The summed E-state index contributed by atoms with van der Waals surface area (Å²) in [7, 11) is 0. The molecule has 84 valence electrons. The van der Waals surface area contributed by atoms with Crippen LogP contribution in [0.5, 0.6) is 0 Å². The lowest BCUT2D eigenvalue weighted by atomic mass is 10.2. The van der Waals surface area contributed by atoms with Crippen molar-refractivity contribution >= 4 is 11.8 Å². The van der Waals surface area contributed by atoms with E-state index in [2.05, 4.69) is 30.2 Å². The predicted octanol–water partition coefficient (Wildman–Crippen LogP) is 2.88. The number of pyridine rings is 1. The van der Waals surface area contributed by atoms with Crippen LogP contribution in [0.1, 0.15) is 32.0 Å². The third-order valence-corrected chi connectivity index (χ3v) is 3.24. The molecule has 0 aliphatic rings. The van der Waals surface area contributed by atoms with Crippen molar-refractivity contribution in [3.8, 4) is 0 Å². The normalized spacial score (nSPS) is 12.7. The highest BCUT2D eigenvalue weighted by Crippen LogP contribution is 2.08. The van der Waals surface area contributed by atoms with E-state index in [9.17, 15) is 0 Å². The molecule has 1 unspecified atom stereocenters. The third kappa shape index (κ3) is 5.19. The van der Waals surface area contributed by atoms with Crippen LogP contribution in [0, 0.1) is 0 Å². The van der Waals surface area contributed by atoms with Gasteiger partial charge in [0.15, 0.2) is 0 Å². The highest BCUT2D eigenvalue weighted by atomic mass is 32.2. The molecule has 0 saturated carbocycles. The van der Waals surface area contributed by atoms with Gasteiger partial charge in [-0.15, -0.1) is 0 Å². The lowest BCUT2D eigenvalue weighted by Crippen LogP contribution is -2.21. The van der Waals surface area contributed by atoms with Crippen LogP contribution in [0.15, 0.2) is 24.4 Å². The van der Waals surface area contributed by atoms with Crippen molar-refractivity contribution in [2.45, 2.75) is 26.3 Å². The summed E-state index contributed by atoms with van der Waals surface area (Å²) < 4.78 is 0. The van der Waals surface area contributed by atoms with Gasteiger partial charge in [-0.3, -0.25) is 4.98 Å². The molecular weight excluding hydrogens is 204 g/mol. The maximum atomic E-state index is 4.33. The lowest BCUT2D eigenvalue weighted by molar-refractivity contribution is 0.560. The smallest absolute Gasteiger partial charge is 0.0570 e. The topological polar surface area (TPSA) is 24.9 Å². The maximum Gasteiger partial charge on any atom is 0.0570 e. The van der Waals surface area contributed by atoms with Gasteiger partial charge in [0, 0.05) is 12.2 Å². The van der Waals surface area contributed by atoms with E-state index in [0.717, 1.165) is 12.2 Å². The molecule has 15 heavy (non-hydrogen) atoms. The molecule has 2 nitrogen and oxygen atoms in total. The highest BCUT2D eigenvalue weighted by molar-refractivity contribution is 7.99. The van der Waals surface area contributed by atoms with E-state index in [-0.39, 0.29) is 0 Å². The third-order valence-electron chi connectivity index (χ3n) is 2.25. The highest BCUT2D eigenvalue weighted by Gasteiger charge is 2.03. The molecule has 0 amide bonds. The summed E-state index contributed by atoms with van der Waals surface area (Å²) in [5.74, 6) is 2.47. The minimum atomic E-state index is 0.359. The summed E-state index contributed by atoms with van der Waals surface area (Å²) in [6.45, 7) is 5.44. The van der Waals surface area contributed by atoms with Crippen molar-refractivity contribution in [3.05, 3.63) is 30.1 Å². The van der Waals surface area contributed by atoms with Gasteiger partial charge in [-0.2, -0.15) is 11.8 Å². The van der Waals surface area contributed by atoms with Gasteiger partial charge in [0.1, 0.15) is 0 Å². The number of rotatable bonds is 7. The first-order chi connectivity index (χ1) is 7.34. The molecule has 1 heterocycles. The Bertz CT molecular complexity index is 251. The molecule has 0 aliphatic heterocycles. The van der Waals surface area contributed by atoms with Crippen LogP contribution in [0.2, 0.25) is 0 Å². The van der Waals surface area contributed by atoms with Crippen molar-refractivity contribution < 1.29 is 0 Å². The fourth-order valence-electron chi connectivity index (χ4n) is 1.37. The molecule has 1 aromatic heterocycles. The van der Waals surface area contributed by atoms with Gasteiger partial charge in [0.25, 0.3) is 0 Å². The molecule has 0 fully saturated rings. The van der Waals surface area contributed by atoms with Crippen LogP contribution < -0.4 is 5.32 Å². The number of nitrogens with zero attached hydrogens (tertiary/aromatic N) is 1. The van der Waals surface area contributed by atoms with Crippen LogP contribution in [-0.2, 0) is 0 Å². The number of hydrogen-bond acceptors (Lipinski definition) is 3.